The van der Waals surface area contributed by atoms with Crippen LogP contribution in [0.1, 0.15) is 30.9 Å². The zero-order valence-electron chi connectivity index (χ0n) is 17.1. The molecule has 1 aliphatic rings. The van der Waals surface area contributed by atoms with Gasteiger partial charge in [0, 0.05) is 32.7 Å². The van der Waals surface area contributed by atoms with Crippen LogP contribution >= 0.6 is 35.7 Å². The van der Waals surface area contributed by atoms with Crippen LogP contribution in [0.5, 0.6) is 0 Å². The number of carbonyl (C=O) groups is 1. The maximum absolute atomic E-state index is 11.6. The summed E-state index contributed by atoms with van der Waals surface area (Å²) in [5.41, 5.74) is 0. The first-order valence-corrected chi connectivity index (χ1v) is 10.7. The number of hydrogen-bond donors (Lipinski definition) is 2. The van der Waals surface area contributed by atoms with Gasteiger partial charge in [0.15, 0.2) is 11.8 Å². The van der Waals surface area contributed by atoms with Gasteiger partial charge in [0.05, 0.1) is 7.11 Å². The topological polar surface area (TPSA) is 96.7 Å². The number of aliphatic imine (C=N–C) groups is 1. The normalized spacial score (nSPS) is 15.1. The highest BCUT2D eigenvalue weighted by molar-refractivity contribution is 14.0. The first-order valence-electron chi connectivity index (χ1n) is 9.26. The average molecular weight is 525 g/mol. The van der Waals surface area contributed by atoms with E-state index in [9.17, 15) is 4.79 Å². The number of ether oxygens (including phenoxy) is 1. The summed E-state index contributed by atoms with van der Waals surface area (Å²) in [5.74, 6) is 3.60. The minimum absolute atomic E-state index is 0. The zero-order chi connectivity index (χ0) is 19.6. The van der Waals surface area contributed by atoms with Gasteiger partial charge in [-0.05, 0) is 38.2 Å². The third-order valence-electron chi connectivity index (χ3n) is 4.65. The van der Waals surface area contributed by atoms with Gasteiger partial charge in [0.1, 0.15) is 12.4 Å². The van der Waals surface area contributed by atoms with E-state index in [1.165, 1.54) is 7.11 Å². The molecule has 0 bridgehead atoms. The Kier molecular flexibility index (Phi) is 11.6. The van der Waals surface area contributed by atoms with Crippen molar-refractivity contribution in [1.82, 2.24) is 30.3 Å². The van der Waals surface area contributed by atoms with E-state index in [2.05, 4.69) is 32.1 Å². The second-order valence-corrected chi connectivity index (χ2v) is 7.52. The fourth-order valence-electron chi connectivity index (χ4n) is 2.84. The summed E-state index contributed by atoms with van der Waals surface area (Å²) in [6.07, 6.45) is 4.66. The zero-order valence-corrected chi connectivity index (χ0v) is 20.3. The number of rotatable bonds is 7. The molecule has 0 spiro atoms. The molecule has 11 heteroatoms. The van der Waals surface area contributed by atoms with Gasteiger partial charge in [0.25, 0.3) is 0 Å². The number of thioether (sulfide) groups is 1. The van der Waals surface area contributed by atoms with Gasteiger partial charge in [0.2, 0.25) is 0 Å². The first kappa shape index (κ1) is 24.8. The summed E-state index contributed by atoms with van der Waals surface area (Å²) in [4.78, 5) is 18.1. The van der Waals surface area contributed by atoms with Crippen molar-refractivity contribution in [2.75, 3.05) is 38.8 Å². The molecule has 160 valence electrons. The SMILES string of the molecule is COC(=O)N1CCC(NC(=NCc2nnc(C)n2C)NCCCSC)CC1.I. The molecule has 1 aliphatic heterocycles. The molecule has 0 aliphatic carbocycles. The third kappa shape index (κ3) is 7.64. The molecule has 1 aromatic rings. The Hall–Kier alpha value is -1.24. The molecule has 0 unspecified atom stereocenters. The van der Waals surface area contributed by atoms with Crippen LogP contribution in [0.4, 0.5) is 4.79 Å². The standard InChI is InChI=1S/C17H31N7O2S.HI/c1-13-21-22-15(23(13)2)12-19-16(18-8-5-11-27-4)20-14-6-9-24(10-7-14)17(25)26-3;/h14H,5-12H2,1-4H3,(H2,18,19,20);1H. The molecule has 2 rings (SSSR count). The summed E-state index contributed by atoms with van der Waals surface area (Å²) in [5, 5.41) is 15.2. The van der Waals surface area contributed by atoms with E-state index in [4.69, 9.17) is 4.74 Å². The fourth-order valence-corrected chi connectivity index (χ4v) is 3.28. The molecule has 0 saturated carbocycles. The molecule has 2 heterocycles. The van der Waals surface area contributed by atoms with Crippen LogP contribution in [-0.4, -0.2) is 76.5 Å². The van der Waals surface area contributed by atoms with Crippen molar-refractivity contribution >= 4 is 47.8 Å². The van der Waals surface area contributed by atoms with Crippen molar-refractivity contribution in [3.05, 3.63) is 11.6 Å². The van der Waals surface area contributed by atoms with E-state index in [0.717, 1.165) is 49.2 Å². The van der Waals surface area contributed by atoms with Crippen LogP contribution in [0.3, 0.4) is 0 Å². The number of aryl methyl sites for hydroxylation is 1. The maximum atomic E-state index is 11.6. The minimum atomic E-state index is -0.254. The van der Waals surface area contributed by atoms with Gasteiger partial charge < -0.3 is 24.8 Å². The van der Waals surface area contributed by atoms with Gasteiger partial charge in [-0.1, -0.05) is 0 Å². The molecular formula is C17H32IN7O2S. The van der Waals surface area contributed by atoms with Crippen molar-refractivity contribution in [2.24, 2.45) is 12.0 Å². The summed E-state index contributed by atoms with van der Waals surface area (Å²) >= 11 is 1.84. The number of hydrogen-bond acceptors (Lipinski definition) is 6. The monoisotopic (exact) mass is 525 g/mol. The number of carbonyl (C=O) groups excluding carboxylic acids is 1. The molecule has 0 atom stereocenters. The number of guanidine groups is 1. The van der Waals surface area contributed by atoms with E-state index < -0.39 is 0 Å². The lowest BCUT2D eigenvalue weighted by molar-refractivity contribution is 0.111. The number of methoxy groups -OCH3 is 1. The Morgan fingerprint density at radius 2 is 2.07 bits per heavy atom. The number of piperidine rings is 1. The second kappa shape index (κ2) is 13.1. The summed E-state index contributed by atoms with van der Waals surface area (Å²) in [6, 6.07) is 0.277. The molecule has 1 fully saturated rings. The van der Waals surface area contributed by atoms with Crippen molar-refractivity contribution in [2.45, 2.75) is 38.8 Å². The predicted molar refractivity (Wildman–Crippen MR) is 123 cm³/mol. The van der Waals surface area contributed by atoms with Crippen LogP contribution < -0.4 is 10.6 Å². The van der Waals surface area contributed by atoms with E-state index in [-0.39, 0.29) is 36.1 Å². The highest BCUT2D eigenvalue weighted by Crippen LogP contribution is 2.11. The molecule has 0 aromatic carbocycles. The average Bonchev–Trinajstić information content (AvgIpc) is 3.01. The van der Waals surface area contributed by atoms with Gasteiger partial charge in [-0.15, -0.1) is 34.2 Å². The predicted octanol–water partition coefficient (Wildman–Crippen LogP) is 1.76. The van der Waals surface area contributed by atoms with Crippen molar-refractivity contribution in [3.8, 4) is 0 Å². The molecular weight excluding hydrogens is 493 g/mol. The number of nitrogens with zero attached hydrogens (tertiary/aromatic N) is 5. The second-order valence-electron chi connectivity index (χ2n) is 6.54. The van der Waals surface area contributed by atoms with Crippen molar-refractivity contribution in [3.63, 3.8) is 0 Å². The molecule has 0 radical (unpaired) electrons. The van der Waals surface area contributed by atoms with Crippen LogP contribution in [0.15, 0.2) is 4.99 Å². The van der Waals surface area contributed by atoms with E-state index in [0.29, 0.717) is 19.6 Å². The van der Waals surface area contributed by atoms with E-state index in [1.54, 1.807) is 4.90 Å². The first-order chi connectivity index (χ1) is 13.0. The molecule has 1 aromatic heterocycles. The highest BCUT2D eigenvalue weighted by Gasteiger charge is 2.23. The van der Waals surface area contributed by atoms with Crippen LogP contribution in [0.25, 0.3) is 0 Å². The van der Waals surface area contributed by atoms with Gasteiger partial charge in [-0.3, -0.25) is 0 Å². The highest BCUT2D eigenvalue weighted by atomic mass is 127. The number of aromatic nitrogens is 3. The molecule has 9 nitrogen and oxygen atoms in total. The van der Waals surface area contributed by atoms with E-state index >= 15 is 0 Å². The van der Waals surface area contributed by atoms with E-state index in [1.807, 2.05) is 30.3 Å². The van der Waals surface area contributed by atoms with Crippen LogP contribution in [-0.2, 0) is 18.3 Å². The van der Waals surface area contributed by atoms with Gasteiger partial charge in [-0.2, -0.15) is 11.8 Å². The van der Waals surface area contributed by atoms with Crippen LogP contribution in [0.2, 0.25) is 0 Å². The lowest BCUT2D eigenvalue weighted by Crippen LogP contribution is -2.50. The Morgan fingerprint density at radius 1 is 1.36 bits per heavy atom. The Morgan fingerprint density at radius 3 is 2.64 bits per heavy atom. The van der Waals surface area contributed by atoms with Gasteiger partial charge in [-0.25, -0.2) is 9.79 Å². The smallest absolute Gasteiger partial charge is 0.409 e. The lowest BCUT2D eigenvalue weighted by atomic mass is 10.1. The Labute approximate surface area is 188 Å². The van der Waals surface area contributed by atoms with Crippen molar-refractivity contribution < 1.29 is 9.53 Å². The number of nitrogens with one attached hydrogen (secondary N) is 2. The fraction of sp³-hybridized carbons (Fsp3) is 0.765. The summed E-state index contributed by atoms with van der Waals surface area (Å²) in [7, 11) is 3.37. The largest absolute Gasteiger partial charge is 0.453 e. The molecule has 1 saturated heterocycles. The quantitative estimate of drug-likeness (QED) is 0.243. The molecule has 28 heavy (non-hydrogen) atoms. The third-order valence-corrected chi connectivity index (χ3v) is 5.34. The molecule has 2 N–H and O–H groups in total. The number of halogens is 1. The maximum Gasteiger partial charge on any atom is 0.409 e. The number of amides is 1. The Balaban J connectivity index is 0.00000392. The lowest BCUT2D eigenvalue weighted by Gasteiger charge is -2.32. The Bertz CT molecular complexity index is 633. The minimum Gasteiger partial charge on any atom is -0.453 e. The summed E-state index contributed by atoms with van der Waals surface area (Å²) < 4.78 is 6.74. The van der Waals surface area contributed by atoms with Crippen molar-refractivity contribution in [1.29, 1.82) is 0 Å². The molecule has 1 amide bonds. The summed E-state index contributed by atoms with van der Waals surface area (Å²) in [6.45, 7) is 4.63. The van der Waals surface area contributed by atoms with Gasteiger partial charge >= 0.3 is 6.09 Å². The van der Waals surface area contributed by atoms with Crippen LogP contribution in [0, 0.1) is 6.92 Å². The number of likely N-dealkylation sites (tertiary alicyclic amines) is 1.